The second kappa shape index (κ2) is 36.4. The highest BCUT2D eigenvalue weighted by molar-refractivity contribution is 5.92. The van der Waals surface area contributed by atoms with Crippen LogP contribution >= 0.6 is 0 Å². The van der Waals surface area contributed by atoms with Gasteiger partial charge in [0.25, 0.3) is 0 Å². The van der Waals surface area contributed by atoms with Gasteiger partial charge < -0.3 is 53.8 Å². The van der Waals surface area contributed by atoms with E-state index in [2.05, 4.69) is 77.7 Å². The smallest absolute Gasteiger partial charge is 0.320 e. The van der Waals surface area contributed by atoms with E-state index in [0.717, 1.165) is 44.9 Å². The van der Waals surface area contributed by atoms with Gasteiger partial charge in [0.1, 0.15) is 6.04 Å². The second-order valence-corrected chi connectivity index (χ2v) is 10.4. The van der Waals surface area contributed by atoms with Crippen molar-refractivity contribution in [2.45, 2.75) is 77.2 Å². The van der Waals surface area contributed by atoms with E-state index in [-0.39, 0.29) is 43.1 Å². The van der Waals surface area contributed by atoms with Crippen LogP contribution < -0.4 is 28.7 Å². The molecule has 0 heterocycles. The monoisotopic (exact) mass is 707 g/mol. The van der Waals surface area contributed by atoms with E-state index in [1.54, 1.807) is 28.2 Å². The number of nitrogens with one attached hydrogen (secondary N) is 2. The summed E-state index contributed by atoms with van der Waals surface area (Å²) in [4.78, 5) is 40.1. The van der Waals surface area contributed by atoms with Crippen LogP contribution in [0.2, 0.25) is 0 Å². The summed E-state index contributed by atoms with van der Waals surface area (Å²) in [6, 6.07) is -1.06. The number of allylic oxidation sites excluding steroid dienone is 10. The van der Waals surface area contributed by atoms with E-state index >= 15 is 0 Å². The van der Waals surface area contributed by atoms with Crippen molar-refractivity contribution in [1.82, 2.24) is 9.80 Å². The van der Waals surface area contributed by atoms with Crippen molar-refractivity contribution >= 4 is 41.7 Å². The van der Waals surface area contributed by atoms with E-state index in [4.69, 9.17) is 54.8 Å². The largest absolute Gasteiger partial charge is 0.481 e. The average Bonchev–Trinajstić information content (AvgIpc) is 3.01. The highest BCUT2D eigenvalue weighted by Gasteiger charge is 2.12. The van der Waals surface area contributed by atoms with Crippen LogP contribution in [-0.4, -0.2) is 101 Å². The number of hydrogen-bond acceptors (Lipinski definition) is 6. The Kier molecular flexibility index (Phi) is 37.4. The number of carbonyl (C=O) groups is 3. The maximum Gasteiger partial charge on any atom is 0.320 e. The van der Waals surface area contributed by atoms with Gasteiger partial charge in [0, 0.05) is 41.0 Å². The van der Waals surface area contributed by atoms with E-state index in [9.17, 15) is 14.4 Å². The number of guanidine groups is 4. The molecule has 0 fully saturated rings. The summed E-state index contributed by atoms with van der Waals surface area (Å²) in [7, 11) is 6.76. The van der Waals surface area contributed by atoms with Crippen molar-refractivity contribution in [3.05, 3.63) is 60.8 Å². The first-order chi connectivity index (χ1) is 23.4. The van der Waals surface area contributed by atoms with Gasteiger partial charge in [-0.3, -0.25) is 25.2 Å². The zero-order chi connectivity index (χ0) is 39.3. The molecule has 0 aromatic carbocycles. The third-order valence-corrected chi connectivity index (χ3v) is 5.22. The van der Waals surface area contributed by atoms with Crippen LogP contribution in [0.1, 0.15) is 71.1 Å². The minimum atomic E-state index is -1.17. The third-order valence-electron chi connectivity index (χ3n) is 5.22. The highest BCUT2D eigenvalue weighted by Crippen LogP contribution is 1.99. The van der Waals surface area contributed by atoms with Crippen LogP contribution in [0.3, 0.4) is 0 Å². The fourth-order valence-corrected chi connectivity index (χ4v) is 2.59. The molecule has 0 amide bonds. The molecule has 0 spiro atoms. The number of aliphatic imine (C=N–C) groups is 2. The van der Waals surface area contributed by atoms with Gasteiger partial charge in [-0.25, -0.2) is 0 Å². The predicted molar refractivity (Wildman–Crippen MR) is 203 cm³/mol. The van der Waals surface area contributed by atoms with E-state index < -0.39 is 23.9 Å². The maximum atomic E-state index is 10.3. The Bertz CT molecular complexity index is 1130. The topological polar surface area (TPSA) is 321 Å². The third kappa shape index (κ3) is 49.4. The fraction of sp³-hybridized carbons (Fsp3) is 0.485. The molecule has 0 radical (unpaired) electrons. The Labute approximate surface area is 296 Å². The summed E-state index contributed by atoms with van der Waals surface area (Å²) in [6.07, 6.45) is 28.2. The predicted octanol–water partition coefficient (Wildman–Crippen LogP) is 2.77. The van der Waals surface area contributed by atoms with Crippen LogP contribution in [0.5, 0.6) is 0 Å². The Hall–Kier alpha value is -5.45. The summed E-state index contributed by atoms with van der Waals surface area (Å²) in [5.41, 5.74) is 25.0. The fourth-order valence-electron chi connectivity index (χ4n) is 2.59. The number of aliphatic carboxylic acids is 3. The molecule has 0 saturated carbocycles. The second-order valence-electron chi connectivity index (χ2n) is 10.4. The summed E-state index contributed by atoms with van der Waals surface area (Å²) < 4.78 is 0. The summed E-state index contributed by atoms with van der Waals surface area (Å²) in [5, 5.41) is 38.9. The van der Waals surface area contributed by atoms with Crippen molar-refractivity contribution in [2.75, 3.05) is 28.2 Å². The molecule has 0 aromatic heterocycles. The number of rotatable bonds is 17. The molecule has 1 atom stereocenters. The SMILES string of the molecule is CC/C=C\C/C=C\C/C=C\C/C=C\C/C=C\CCCC(=O)O.CN(C)C(=N)N=C(N)N.CN(C)C(=N)N=C(N)N.N[C@@H](CCC(=O)O)C(=O)O. The molecule has 0 aliphatic rings. The van der Waals surface area contributed by atoms with Gasteiger partial charge in [0.2, 0.25) is 11.9 Å². The molecule has 0 rings (SSSR count). The van der Waals surface area contributed by atoms with Crippen LogP contribution in [0.15, 0.2) is 70.7 Å². The van der Waals surface area contributed by atoms with Crippen molar-refractivity contribution < 1.29 is 29.7 Å². The normalized spacial score (nSPS) is 11.1. The lowest BCUT2D eigenvalue weighted by atomic mass is 10.2. The number of nitrogens with two attached hydrogens (primary N) is 5. The molecule has 0 unspecified atom stereocenters. The molecule has 0 saturated heterocycles. The van der Waals surface area contributed by atoms with Gasteiger partial charge >= 0.3 is 17.9 Å². The van der Waals surface area contributed by atoms with E-state index in [0.29, 0.717) is 0 Å². The first-order valence-electron chi connectivity index (χ1n) is 15.8. The van der Waals surface area contributed by atoms with Crippen LogP contribution in [0, 0.1) is 10.8 Å². The molecule has 0 aromatic rings. The van der Waals surface area contributed by atoms with Crippen molar-refractivity contribution in [3.8, 4) is 0 Å². The average molecular weight is 708 g/mol. The van der Waals surface area contributed by atoms with Crippen molar-refractivity contribution in [1.29, 1.82) is 10.8 Å². The van der Waals surface area contributed by atoms with Gasteiger partial charge in [0.05, 0.1) is 0 Å². The lowest BCUT2D eigenvalue weighted by Gasteiger charge is -2.07. The number of carboxylic acid groups (broad SMARTS) is 3. The van der Waals surface area contributed by atoms with Gasteiger partial charge in [-0.05, 0) is 51.4 Å². The first-order valence-corrected chi connectivity index (χ1v) is 15.8. The van der Waals surface area contributed by atoms with Gasteiger partial charge in [-0.2, -0.15) is 9.98 Å². The zero-order valence-electron chi connectivity index (χ0n) is 30.2. The number of carboxylic acids is 3. The standard InChI is InChI=1S/C20H30O2.C5H9NO4.2C4H11N5/c1-2-3-4-5-6-7-8-9-10-11-12-13-14-15-16-17-18-19-20(21)22;6-3(5(9)10)1-2-4(7)8;2*1-9(2)4(7)8-3(5)6/h3-4,6-7,9-10,12-13,15-16H,2,5,8,11,14,17-19H2,1H3,(H,21,22);3H,1-2,6H2,(H,7,8)(H,9,10);2*1-2H3,(H5,5,6,7,8)/b4-3-,7-6-,10-9-,13-12-,16-15-;;;/t;3-;;/m.0../s1. The number of nitrogens with zero attached hydrogens (tertiary/aromatic N) is 4. The first kappa shape index (κ1) is 51.4. The molecule has 50 heavy (non-hydrogen) atoms. The molecular weight excluding hydrogens is 646 g/mol. The summed E-state index contributed by atoms with van der Waals surface area (Å²) in [5.74, 6) is -2.99. The minimum absolute atomic E-state index is 0.0231. The van der Waals surface area contributed by atoms with Crippen LogP contribution in [0.25, 0.3) is 0 Å². The van der Waals surface area contributed by atoms with Crippen molar-refractivity contribution in [2.24, 2.45) is 38.7 Å². The molecule has 0 aliphatic carbocycles. The van der Waals surface area contributed by atoms with Crippen molar-refractivity contribution in [3.63, 3.8) is 0 Å². The van der Waals surface area contributed by atoms with Gasteiger partial charge in [0.15, 0.2) is 11.9 Å². The maximum absolute atomic E-state index is 10.3. The van der Waals surface area contributed by atoms with E-state index in [1.165, 1.54) is 9.80 Å². The molecule has 17 nitrogen and oxygen atoms in total. The Morgan fingerprint density at radius 2 is 0.980 bits per heavy atom. The lowest BCUT2D eigenvalue weighted by Crippen LogP contribution is -2.30. The number of hydrogen-bond donors (Lipinski definition) is 10. The molecule has 284 valence electrons. The summed E-state index contributed by atoms with van der Waals surface area (Å²) >= 11 is 0. The minimum Gasteiger partial charge on any atom is -0.481 e. The highest BCUT2D eigenvalue weighted by atomic mass is 16.4. The van der Waals surface area contributed by atoms with E-state index in [1.807, 2.05) is 0 Å². The molecule has 15 N–H and O–H groups in total. The molecule has 0 aliphatic heterocycles. The lowest BCUT2D eigenvalue weighted by molar-refractivity contribution is -0.140. The number of unbranched alkanes of at least 4 members (excludes halogenated alkanes) is 1. The Morgan fingerprint density at radius 3 is 1.24 bits per heavy atom. The molecule has 0 bridgehead atoms. The van der Waals surface area contributed by atoms with Crippen LogP contribution in [-0.2, 0) is 14.4 Å². The Morgan fingerprint density at radius 1 is 0.640 bits per heavy atom. The Balaban J connectivity index is -0.000000314. The quantitative estimate of drug-likeness (QED) is 0.0450. The van der Waals surface area contributed by atoms with Gasteiger partial charge in [-0.1, -0.05) is 67.7 Å². The van der Waals surface area contributed by atoms with Gasteiger partial charge in [-0.15, -0.1) is 0 Å². The zero-order valence-corrected chi connectivity index (χ0v) is 30.2. The molecule has 17 heteroatoms. The summed E-state index contributed by atoms with van der Waals surface area (Å²) in [6.45, 7) is 2.14. The van der Waals surface area contributed by atoms with Crippen LogP contribution in [0.4, 0.5) is 0 Å². The molecular formula is C33H61N11O6.